The summed E-state index contributed by atoms with van der Waals surface area (Å²) in [6, 6.07) is 10.6. The number of nitrogens with two attached hydrogens (primary N) is 1. The lowest BCUT2D eigenvalue weighted by atomic mass is 10.1. The predicted octanol–water partition coefficient (Wildman–Crippen LogP) is 2.74. The third kappa shape index (κ3) is 2.49. The molecular weight excluding hydrogens is 264 g/mol. The van der Waals surface area contributed by atoms with Crippen LogP contribution in [-0.2, 0) is 0 Å². The van der Waals surface area contributed by atoms with Crippen molar-refractivity contribution in [3.8, 4) is 0 Å². The van der Waals surface area contributed by atoms with Crippen LogP contribution in [0.5, 0.6) is 0 Å². The maximum Gasteiger partial charge on any atom is 0.255 e. The van der Waals surface area contributed by atoms with Crippen molar-refractivity contribution in [1.29, 1.82) is 0 Å². The number of carbonyl (C=O) groups excluding carboxylic acids is 1. The Morgan fingerprint density at radius 1 is 1.14 bits per heavy atom. The van der Waals surface area contributed by atoms with Crippen LogP contribution in [0, 0.1) is 0 Å². The van der Waals surface area contributed by atoms with Gasteiger partial charge in [-0.25, -0.2) is 4.98 Å². The van der Waals surface area contributed by atoms with Crippen LogP contribution in [0.2, 0.25) is 0 Å². The highest BCUT2D eigenvalue weighted by atomic mass is 16.1. The van der Waals surface area contributed by atoms with Gasteiger partial charge in [-0.15, -0.1) is 0 Å². The molecule has 0 radical (unpaired) electrons. The van der Waals surface area contributed by atoms with Crippen molar-refractivity contribution in [2.45, 2.75) is 0 Å². The summed E-state index contributed by atoms with van der Waals surface area (Å²) in [5.74, 6) is -0.183. The Balaban J connectivity index is 1.86. The fourth-order valence-electron chi connectivity index (χ4n) is 2.10. The normalized spacial score (nSPS) is 10.5. The molecule has 1 aromatic carbocycles. The van der Waals surface area contributed by atoms with Gasteiger partial charge in [-0.1, -0.05) is 18.7 Å². The van der Waals surface area contributed by atoms with Gasteiger partial charge in [0.15, 0.2) is 0 Å². The molecule has 0 saturated heterocycles. The van der Waals surface area contributed by atoms with E-state index in [0.29, 0.717) is 11.3 Å². The van der Waals surface area contributed by atoms with Gasteiger partial charge in [0.1, 0.15) is 5.65 Å². The van der Waals surface area contributed by atoms with Crippen molar-refractivity contribution in [2.24, 2.45) is 5.73 Å². The van der Waals surface area contributed by atoms with Crippen molar-refractivity contribution in [3.05, 3.63) is 66.5 Å². The van der Waals surface area contributed by atoms with E-state index in [2.05, 4.69) is 21.9 Å². The molecule has 3 aromatic rings. The summed E-state index contributed by atoms with van der Waals surface area (Å²) in [6.45, 7) is 3.66. The number of rotatable bonds is 3. The van der Waals surface area contributed by atoms with E-state index in [1.54, 1.807) is 42.7 Å². The highest BCUT2D eigenvalue weighted by molar-refractivity contribution is 6.08. The minimum absolute atomic E-state index is 0.183. The molecule has 0 unspecified atom stereocenters. The minimum atomic E-state index is -0.183. The third-order valence-corrected chi connectivity index (χ3v) is 3.23. The van der Waals surface area contributed by atoms with Crippen molar-refractivity contribution in [2.75, 3.05) is 5.32 Å². The molecule has 0 aliphatic carbocycles. The topological polar surface area (TPSA) is 83.8 Å². The first-order valence-electron chi connectivity index (χ1n) is 6.43. The molecule has 0 spiro atoms. The number of nitrogens with one attached hydrogen (secondary N) is 2. The maximum absolute atomic E-state index is 12.3. The summed E-state index contributed by atoms with van der Waals surface area (Å²) < 4.78 is 0. The van der Waals surface area contributed by atoms with E-state index in [1.165, 1.54) is 0 Å². The number of H-pyrrole nitrogens is 1. The molecular formula is C16H14N4O. The first kappa shape index (κ1) is 12.9. The smallest absolute Gasteiger partial charge is 0.255 e. The molecule has 2 aromatic heterocycles. The summed E-state index contributed by atoms with van der Waals surface area (Å²) in [6.07, 6.45) is 3.44. The van der Waals surface area contributed by atoms with Crippen LogP contribution in [0.25, 0.3) is 16.7 Å². The number of benzene rings is 1. The van der Waals surface area contributed by atoms with E-state index < -0.39 is 0 Å². The van der Waals surface area contributed by atoms with Gasteiger partial charge in [-0.2, -0.15) is 0 Å². The summed E-state index contributed by atoms with van der Waals surface area (Å²) in [5.41, 5.74) is 8.91. The number of carbonyl (C=O) groups is 1. The number of amides is 1. The minimum Gasteiger partial charge on any atom is -0.399 e. The number of hydrogen-bond acceptors (Lipinski definition) is 3. The van der Waals surface area contributed by atoms with E-state index >= 15 is 0 Å². The molecule has 0 saturated carbocycles. The van der Waals surface area contributed by atoms with E-state index in [1.807, 2.05) is 6.07 Å². The van der Waals surface area contributed by atoms with Gasteiger partial charge in [0, 0.05) is 29.0 Å². The van der Waals surface area contributed by atoms with Crippen molar-refractivity contribution < 1.29 is 4.79 Å². The number of aromatic amines is 1. The van der Waals surface area contributed by atoms with Gasteiger partial charge in [-0.05, 0) is 29.8 Å². The zero-order valence-electron chi connectivity index (χ0n) is 11.3. The summed E-state index contributed by atoms with van der Waals surface area (Å²) in [5, 5.41) is 3.76. The molecule has 0 aliphatic rings. The largest absolute Gasteiger partial charge is 0.399 e. The lowest BCUT2D eigenvalue weighted by molar-refractivity contribution is 0.102. The molecule has 1 amide bonds. The van der Waals surface area contributed by atoms with Gasteiger partial charge in [0.05, 0.1) is 5.69 Å². The molecule has 2 heterocycles. The Bertz CT molecular complexity index is 818. The fourth-order valence-corrected chi connectivity index (χ4v) is 2.10. The van der Waals surface area contributed by atoms with Crippen molar-refractivity contribution in [3.63, 3.8) is 0 Å². The molecule has 5 heteroatoms. The molecule has 5 nitrogen and oxygen atoms in total. The molecule has 0 aliphatic heterocycles. The van der Waals surface area contributed by atoms with Crippen LogP contribution in [0.1, 0.15) is 15.9 Å². The SMILES string of the molecule is C=C(N)c1ccc(C(=O)Nc2ccnc3[nH]ccc23)cc1. The van der Waals surface area contributed by atoms with Crippen LogP contribution in [0.4, 0.5) is 5.69 Å². The van der Waals surface area contributed by atoms with Crippen molar-refractivity contribution >= 4 is 28.3 Å². The van der Waals surface area contributed by atoms with E-state index in [-0.39, 0.29) is 5.91 Å². The van der Waals surface area contributed by atoms with Crippen molar-refractivity contribution in [1.82, 2.24) is 9.97 Å². The third-order valence-electron chi connectivity index (χ3n) is 3.23. The van der Waals surface area contributed by atoms with Gasteiger partial charge in [0.2, 0.25) is 0 Å². The van der Waals surface area contributed by atoms with Gasteiger partial charge >= 0.3 is 0 Å². The number of hydrogen-bond donors (Lipinski definition) is 3. The van der Waals surface area contributed by atoms with Gasteiger partial charge in [0.25, 0.3) is 5.91 Å². The Kier molecular flexibility index (Phi) is 3.16. The highest BCUT2D eigenvalue weighted by Crippen LogP contribution is 2.21. The number of pyridine rings is 1. The Labute approximate surface area is 121 Å². The number of nitrogens with zero attached hydrogens (tertiary/aromatic N) is 1. The second kappa shape index (κ2) is 5.13. The summed E-state index contributed by atoms with van der Waals surface area (Å²) >= 11 is 0. The quantitative estimate of drug-likeness (QED) is 0.688. The fraction of sp³-hybridized carbons (Fsp3) is 0. The zero-order valence-corrected chi connectivity index (χ0v) is 11.3. The summed E-state index contributed by atoms with van der Waals surface area (Å²) in [4.78, 5) is 19.5. The monoisotopic (exact) mass is 278 g/mol. The maximum atomic E-state index is 12.3. The average molecular weight is 278 g/mol. The Hall–Kier alpha value is -3.08. The highest BCUT2D eigenvalue weighted by Gasteiger charge is 2.09. The Morgan fingerprint density at radius 3 is 2.57 bits per heavy atom. The second-order valence-corrected chi connectivity index (χ2v) is 4.66. The van der Waals surface area contributed by atoms with E-state index in [0.717, 1.165) is 22.3 Å². The predicted molar refractivity (Wildman–Crippen MR) is 83.7 cm³/mol. The lowest BCUT2D eigenvalue weighted by Crippen LogP contribution is -2.12. The molecule has 21 heavy (non-hydrogen) atoms. The first-order chi connectivity index (χ1) is 10.1. The average Bonchev–Trinajstić information content (AvgIpc) is 2.97. The number of anilines is 1. The van der Waals surface area contributed by atoms with E-state index in [4.69, 9.17) is 5.73 Å². The van der Waals surface area contributed by atoms with Gasteiger partial charge < -0.3 is 16.0 Å². The molecule has 104 valence electrons. The lowest BCUT2D eigenvalue weighted by Gasteiger charge is -2.07. The van der Waals surface area contributed by atoms with E-state index in [9.17, 15) is 4.79 Å². The molecule has 3 rings (SSSR count). The van der Waals surface area contributed by atoms with Crippen LogP contribution in [0.15, 0.2) is 55.4 Å². The molecule has 0 atom stereocenters. The molecule has 4 N–H and O–H groups in total. The van der Waals surface area contributed by atoms with Crippen LogP contribution in [-0.4, -0.2) is 15.9 Å². The standard InChI is InChI=1S/C16H14N4O/c1-10(17)11-2-4-12(5-3-11)16(21)20-14-7-9-19-15-13(14)6-8-18-15/h2-9H,1,17H2,(H2,18,19,20,21). The second-order valence-electron chi connectivity index (χ2n) is 4.66. The summed E-state index contributed by atoms with van der Waals surface area (Å²) in [7, 11) is 0. The van der Waals surface area contributed by atoms with Crippen LogP contribution < -0.4 is 11.1 Å². The first-order valence-corrected chi connectivity index (χ1v) is 6.43. The number of aromatic nitrogens is 2. The Morgan fingerprint density at radius 2 is 1.86 bits per heavy atom. The zero-order chi connectivity index (χ0) is 14.8. The van der Waals surface area contributed by atoms with Crippen LogP contribution in [0.3, 0.4) is 0 Å². The molecule has 0 bridgehead atoms. The number of fused-ring (bicyclic) bond motifs is 1. The van der Waals surface area contributed by atoms with Crippen LogP contribution >= 0.6 is 0 Å². The van der Waals surface area contributed by atoms with Gasteiger partial charge in [-0.3, -0.25) is 4.79 Å². The molecule has 0 fully saturated rings.